The summed E-state index contributed by atoms with van der Waals surface area (Å²) in [6.07, 6.45) is 4.19. The van der Waals surface area contributed by atoms with Crippen LogP contribution in [0.25, 0.3) is 0 Å². The van der Waals surface area contributed by atoms with Crippen LogP contribution in [0, 0.1) is 0 Å². The molecule has 1 aromatic rings. The molecule has 0 unspecified atom stereocenters. The molecule has 2 N–H and O–H groups in total. The molecule has 8 nitrogen and oxygen atoms in total. The lowest BCUT2D eigenvalue weighted by Crippen LogP contribution is -2.58. The Balaban J connectivity index is 1.62. The summed E-state index contributed by atoms with van der Waals surface area (Å²) in [4.78, 5) is 25.8. The molecule has 3 heterocycles. The van der Waals surface area contributed by atoms with Gasteiger partial charge in [0.25, 0.3) is 5.91 Å². The number of anilines is 1. The Morgan fingerprint density at radius 3 is 2.96 bits per heavy atom. The summed E-state index contributed by atoms with van der Waals surface area (Å²) in [6, 6.07) is 1.93. The highest BCUT2D eigenvalue weighted by Gasteiger charge is 2.39. The summed E-state index contributed by atoms with van der Waals surface area (Å²) in [5, 5.41) is 11.6. The third-order valence-electron chi connectivity index (χ3n) is 4.71. The molecule has 25 heavy (non-hydrogen) atoms. The van der Waals surface area contributed by atoms with Gasteiger partial charge in [-0.25, -0.2) is 9.97 Å². The van der Waals surface area contributed by atoms with Gasteiger partial charge < -0.3 is 20.1 Å². The van der Waals surface area contributed by atoms with Crippen molar-refractivity contribution in [3.05, 3.63) is 18.0 Å². The largest absolute Gasteiger partial charge is 0.395 e. The Labute approximate surface area is 148 Å². The molecule has 0 aliphatic carbocycles. The number of hydrogen-bond donors (Lipinski definition) is 2. The number of amides is 1. The van der Waals surface area contributed by atoms with Gasteiger partial charge in [0, 0.05) is 45.5 Å². The number of carbonyl (C=O) groups excluding carboxylic acids is 1. The van der Waals surface area contributed by atoms with Crippen LogP contribution < -0.4 is 10.2 Å². The maximum atomic E-state index is 12.3. The second kappa shape index (κ2) is 8.07. The molecule has 0 saturated carbocycles. The van der Waals surface area contributed by atoms with Crippen molar-refractivity contribution >= 4 is 11.9 Å². The van der Waals surface area contributed by atoms with Crippen LogP contribution in [0.3, 0.4) is 0 Å². The van der Waals surface area contributed by atoms with Gasteiger partial charge in [0.15, 0.2) is 5.60 Å². The van der Waals surface area contributed by atoms with E-state index in [4.69, 9.17) is 9.84 Å². The first-order valence-corrected chi connectivity index (χ1v) is 8.93. The minimum absolute atomic E-state index is 0.0776. The van der Waals surface area contributed by atoms with Gasteiger partial charge in [-0.1, -0.05) is 0 Å². The number of nitrogens with one attached hydrogen (secondary N) is 1. The number of ether oxygens (including phenoxy) is 1. The SMILES string of the molecule is C[C@@]1(C(=O)NCCO)CN(Cc2ccnc(N3CCCC3)n2)CCO1. The number of nitrogens with zero attached hydrogens (tertiary/aromatic N) is 4. The Kier molecular flexibility index (Phi) is 5.82. The molecule has 3 rings (SSSR count). The molecule has 1 atom stereocenters. The van der Waals surface area contributed by atoms with Crippen molar-refractivity contribution in [2.24, 2.45) is 0 Å². The van der Waals surface area contributed by atoms with E-state index in [1.807, 2.05) is 12.3 Å². The number of aliphatic hydroxyl groups excluding tert-OH is 1. The smallest absolute Gasteiger partial charge is 0.253 e. The fourth-order valence-electron chi connectivity index (χ4n) is 3.35. The molecule has 0 bridgehead atoms. The summed E-state index contributed by atoms with van der Waals surface area (Å²) in [5.41, 5.74) is 0.0509. The van der Waals surface area contributed by atoms with Gasteiger partial charge in [-0.15, -0.1) is 0 Å². The molecular formula is C17H27N5O3. The van der Waals surface area contributed by atoms with E-state index in [-0.39, 0.29) is 19.1 Å². The number of hydrogen-bond acceptors (Lipinski definition) is 7. The van der Waals surface area contributed by atoms with Crippen LogP contribution in [-0.2, 0) is 16.1 Å². The number of morpholine rings is 1. The molecule has 1 amide bonds. The predicted molar refractivity (Wildman–Crippen MR) is 93.2 cm³/mol. The van der Waals surface area contributed by atoms with Crippen LogP contribution in [0.4, 0.5) is 5.95 Å². The zero-order valence-corrected chi connectivity index (χ0v) is 14.8. The highest BCUT2D eigenvalue weighted by atomic mass is 16.5. The second-order valence-corrected chi connectivity index (χ2v) is 6.81. The van der Waals surface area contributed by atoms with Gasteiger partial charge in [0.2, 0.25) is 5.95 Å². The Morgan fingerprint density at radius 1 is 1.40 bits per heavy atom. The Bertz CT molecular complexity index is 593. The van der Waals surface area contributed by atoms with Crippen LogP contribution in [0.2, 0.25) is 0 Å². The minimum Gasteiger partial charge on any atom is -0.395 e. The van der Waals surface area contributed by atoms with Crippen LogP contribution in [0.1, 0.15) is 25.5 Å². The van der Waals surface area contributed by atoms with Gasteiger partial charge in [0.05, 0.1) is 18.9 Å². The highest BCUT2D eigenvalue weighted by Crippen LogP contribution is 2.20. The van der Waals surface area contributed by atoms with E-state index in [0.29, 0.717) is 19.7 Å². The summed E-state index contributed by atoms with van der Waals surface area (Å²) < 4.78 is 5.72. The Hall–Kier alpha value is -1.77. The average Bonchev–Trinajstić information content (AvgIpc) is 3.14. The van der Waals surface area contributed by atoms with Crippen molar-refractivity contribution in [2.75, 3.05) is 50.8 Å². The van der Waals surface area contributed by atoms with Crippen LogP contribution in [0.5, 0.6) is 0 Å². The minimum atomic E-state index is -0.905. The fraction of sp³-hybridized carbons (Fsp3) is 0.706. The second-order valence-electron chi connectivity index (χ2n) is 6.81. The summed E-state index contributed by atoms with van der Waals surface area (Å²) in [5.74, 6) is 0.610. The number of rotatable bonds is 6. The van der Waals surface area contributed by atoms with Crippen LogP contribution in [-0.4, -0.2) is 77.4 Å². The van der Waals surface area contributed by atoms with Gasteiger partial charge in [0.1, 0.15) is 0 Å². The van der Waals surface area contributed by atoms with Crippen molar-refractivity contribution in [1.82, 2.24) is 20.2 Å². The molecule has 0 radical (unpaired) electrons. The topological polar surface area (TPSA) is 90.8 Å². The van der Waals surface area contributed by atoms with Crippen LogP contribution >= 0.6 is 0 Å². The third kappa shape index (κ3) is 4.45. The van der Waals surface area contributed by atoms with Crippen molar-refractivity contribution in [3.63, 3.8) is 0 Å². The van der Waals surface area contributed by atoms with Crippen molar-refractivity contribution < 1.29 is 14.6 Å². The van der Waals surface area contributed by atoms with Crippen LogP contribution in [0.15, 0.2) is 12.3 Å². The molecule has 2 aliphatic heterocycles. The molecule has 2 saturated heterocycles. The van der Waals surface area contributed by atoms with E-state index in [9.17, 15) is 4.79 Å². The number of carbonyl (C=O) groups is 1. The van der Waals surface area contributed by atoms with E-state index in [2.05, 4.69) is 25.1 Å². The first-order valence-electron chi connectivity index (χ1n) is 8.93. The molecule has 0 aromatic carbocycles. The maximum absolute atomic E-state index is 12.3. The van der Waals surface area contributed by atoms with Gasteiger partial charge in [-0.3, -0.25) is 9.69 Å². The Morgan fingerprint density at radius 2 is 2.20 bits per heavy atom. The van der Waals surface area contributed by atoms with E-state index in [0.717, 1.165) is 31.3 Å². The molecule has 2 aliphatic rings. The van der Waals surface area contributed by atoms with Crippen molar-refractivity contribution in [2.45, 2.75) is 31.9 Å². The fourth-order valence-corrected chi connectivity index (χ4v) is 3.35. The first kappa shape index (κ1) is 18.0. The van der Waals surface area contributed by atoms with E-state index < -0.39 is 5.60 Å². The third-order valence-corrected chi connectivity index (χ3v) is 4.71. The van der Waals surface area contributed by atoms with E-state index in [1.165, 1.54) is 12.8 Å². The summed E-state index contributed by atoms with van der Waals surface area (Å²) in [7, 11) is 0. The number of aromatic nitrogens is 2. The lowest BCUT2D eigenvalue weighted by Gasteiger charge is -2.39. The molecule has 0 spiro atoms. The van der Waals surface area contributed by atoms with Gasteiger partial charge in [-0.05, 0) is 25.8 Å². The predicted octanol–water partition coefficient (Wildman–Crippen LogP) is -0.224. The van der Waals surface area contributed by atoms with Gasteiger partial charge in [-0.2, -0.15) is 0 Å². The maximum Gasteiger partial charge on any atom is 0.253 e. The molecule has 8 heteroatoms. The van der Waals surface area contributed by atoms with E-state index in [1.54, 1.807) is 6.92 Å². The quantitative estimate of drug-likeness (QED) is 0.733. The molecule has 2 fully saturated rings. The zero-order valence-electron chi connectivity index (χ0n) is 14.8. The van der Waals surface area contributed by atoms with Crippen molar-refractivity contribution in [1.29, 1.82) is 0 Å². The average molecular weight is 349 g/mol. The standard InChI is InChI=1S/C17H27N5O3/c1-17(15(24)18-6-10-23)13-21(9-11-25-17)12-14-4-5-19-16(20-14)22-7-2-3-8-22/h4-5,23H,2-3,6-13H2,1H3,(H,18,24)/t17-/m0/s1. The zero-order chi connectivity index (χ0) is 17.7. The monoisotopic (exact) mass is 349 g/mol. The van der Waals surface area contributed by atoms with Crippen molar-refractivity contribution in [3.8, 4) is 0 Å². The lowest BCUT2D eigenvalue weighted by molar-refractivity contribution is -0.157. The molecule has 1 aromatic heterocycles. The molecule has 138 valence electrons. The lowest BCUT2D eigenvalue weighted by atomic mass is 10.0. The molecular weight excluding hydrogens is 322 g/mol. The summed E-state index contributed by atoms with van der Waals surface area (Å²) >= 11 is 0. The number of aliphatic hydroxyl groups is 1. The van der Waals surface area contributed by atoms with Gasteiger partial charge >= 0.3 is 0 Å². The highest BCUT2D eigenvalue weighted by molar-refractivity contribution is 5.85. The van der Waals surface area contributed by atoms with E-state index >= 15 is 0 Å². The normalized spacial score (nSPS) is 24.5. The first-order chi connectivity index (χ1) is 12.1. The summed E-state index contributed by atoms with van der Waals surface area (Å²) in [6.45, 7) is 6.40.